The highest BCUT2D eigenvalue weighted by Gasteiger charge is 2.52. The van der Waals surface area contributed by atoms with Gasteiger partial charge >= 0.3 is 5.97 Å². The van der Waals surface area contributed by atoms with Gasteiger partial charge in [0.05, 0.1) is 43.1 Å². The van der Waals surface area contributed by atoms with Gasteiger partial charge in [0.2, 0.25) is 11.8 Å². The van der Waals surface area contributed by atoms with Crippen LogP contribution >= 0.6 is 22.7 Å². The van der Waals surface area contributed by atoms with E-state index in [1.54, 1.807) is 19.2 Å². The third-order valence-electron chi connectivity index (χ3n) is 7.48. The molecule has 186 valence electrons. The fourth-order valence-corrected chi connectivity index (χ4v) is 7.15. The second-order valence-electron chi connectivity index (χ2n) is 9.47. The molecule has 3 fully saturated rings. The first kappa shape index (κ1) is 24.3. The summed E-state index contributed by atoms with van der Waals surface area (Å²) in [5, 5.41) is 15.4. The monoisotopic (exact) mass is 514 g/mol. The minimum Gasteiger partial charge on any atom is -0.497 e. The number of quaternary nitrogens is 1. The Labute approximate surface area is 214 Å². The summed E-state index contributed by atoms with van der Waals surface area (Å²) in [5.74, 6) is 1.65. The lowest BCUT2D eigenvalue weighted by atomic mass is 9.84. The van der Waals surface area contributed by atoms with E-state index in [9.17, 15) is 9.90 Å². The van der Waals surface area contributed by atoms with Gasteiger partial charge in [-0.25, -0.2) is 4.79 Å². The zero-order valence-electron chi connectivity index (χ0n) is 19.9. The minimum atomic E-state index is -1.76. The number of benzene rings is 1. The van der Waals surface area contributed by atoms with E-state index in [1.807, 2.05) is 47.2 Å². The number of carbonyl (C=O) groups is 1. The summed E-state index contributed by atoms with van der Waals surface area (Å²) in [6.07, 6.45) is 3.81. The average molecular weight is 515 g/mol. The predicted molar refractivity (Wildman–Crippen MR) is 137 cm³/mol. The van der Waals surface area contributed by atoms with E-state index in [0.717, 1.165) is 61.3 Å². The van der Waals surface area contributed by atoms with Crippen LogP contribution in [0, 0.1) is 5.92 Å². The van der Waals surface area contributed by atoms with Crippen LogP contribution in [0.15, 0.2) is 59.3 Å². The van der Waals surface area contributed by atoms with Gasteiger partial charge in [0.15, 0.2) is 0 Å². The van der Waals surface area contributed by atoms with Crippen LogP contribution in [0.3, 0.4) is 0 Å². The molecule has 2 bridgehead atoms. The van der Waals surface area contributed by atoms with Crippen molar-refractivity contribution in [2.75, 3.05) is 33.4 Å². The molecular weight excluding hydrogens is 482 g/mol. The molecule has 3 aliphatic rings. The van der Waals surface area contributed by atoms with Crippen LogP contribution in [-0.4, -0.2) is 55.1 Å². The van der Waals surface area contributed by atoms with E-state index < -0.39 is 11.6 Å². The van der Waals surface area contributed by atoms with Gasteiger partial charge in [-0.2, -0.15) is 0 Å². The Morgan fingerprint density at radius 3 is 2.23 bits per heavy atom. The second kappa shape index (κ2) is 10.3. The third-order valence-corrected chi connectivity index (χ3v) is 9.44. The molecular formula is C27H32NO5S2+. The summed E-state index contributed by atoms with van der Waals surface area (Å²) >= 11 is 2.75. The summed E-state index contributed by atoms with van der Waals surface area (Å²) in [6, 6.07) is 14.9. The van der Waals surface area contributed by atoms with E-state index in [1.165, 1.54) is 22.7 Å². The van der Waals surface area contributed by atoms with Gasteiger partial charge in [-0.3, -0.25) is 4.48 Å². The molecule has 0 saturated carbocycles. The van der Waals surface area contributed by atoms with Crippen molar-refractivity contribution < 1.29 is 28.6 Å². The highest BCUT2D eigenvalue weighted by atomic mass is 32.1. The first-order valence-electron chi connectivity index (χ1n) is 12.2. The lowest BCUT2D eigenvalue weighted by molar-refractivity contribution is -0.984. The molecule has 1 aromatic carbocycles. The fourth-order valence-electron chi connectivity index (χ4n) is 5.44. The van der Waals surface area contributed by atoms with Crippen molar-refractivity contribution in [3.63, 3.8) is 0 Å². The van der Waals surface area contributed by atoms with Crippen molar-refractivity contribution in [2.45, 2.75) is 37.5 Å². The molecule has 0 radical (unpaired) electrons. The highest BCUT2D eigenvalue weighted by molar-refractivity contribution is 7.12. The molecule has 6 rings (SSSR count). The SMILES string of the molecule is COc1ccc(OCCC[N+]23CCC(CC2)C[C@H]3OC(=O)C(O)(c2cccs2)c2cccs2)cc1. The standard InChI is InChI=1S/C27H32NO5S2/c1-31-21-7-9-22(10-8-21)32-16-4-13-28-14-11-20(12-15-28)19-25(28)33-26(29)27(30,23-5-2-17-34-23)24-6-3-18-35-24/h2-3,5-10,17-18,20,25,30H,4,11-16,19H2,1H3/q+1/t20?,25-,28?/m1/s1. The van der Waals surface area contributed by atoms with Gasteiger partial charge in [0.25, 0.3) is 0 Å². The Morgan fingerprint density at radius 1 is 1.03 bits per heavy atom. The van der Waals surface area contributed by atoms with Crippen LogP contribution in [0.2, 0.25) is 0 Å². The number of thiophene rings is 2. The van der Waals surface area contributed by atoms with Crippen molar-refractivity contribution in [3.05, 3.63) is 69.0 Å². The number of esters is 1. The van der Waals surface area contributed by atoms with Crippen molar-refractivity contribution in [1.29, 1.82) is 0 Å². The summed E-state index contributed by atoms with van der Waals surface area (Å²) < 4.78 is 18.1. The van der Waals surface area contributed by atoms with E-state index in [0.29, 0.717) is 22.3 Å². The number of piperidine rings is 3. The van der Waals surface area contributed by atoms with E-state index in [2.05, 4.69) is 0 Å². The van der Waals surface area contributed by atoms with Crippen molar-refractivity contribution in [2.24, 2.45) is 5.92 Å². The van der Waals surface area contributed by atoms with Crippen LogP contribution in [0.1, 0.15) is 35.4 Å². The number of ether oxygens (including phenoxy) is 3. The lowest BCUT2D eigenvalue weighted by Crippen LogP contribution is -2.66. The third kappa shape index (κ3) is 4.85. The maximum atomic E-state index is 13.6. The summed E-state index contributed by atoms with van der Waals surface area (Å²) in [4.78, 5) is 14.8. The van der Waals surface area contributed by atoms with Crippen LogP contribution in [0.25, 0.3) is 0 Å². The Kier molecular flexibility index (Phi) is 7.16. The largest absolute Gasteiger partial charge is 0.497 e. The van der Waals surface area contributed by atoms with E-state index in [-0.39, 0.29) is 6.23 Å². The normalized spacial score (nSPS) is 23.7. The van der Waals surface area contributed by atoms with Crippen LogP contribution < -0.4 is 9.47 Å². The molecule has 8 heteroatoms. The zero-order valence-corrected chi connectivity index (χ0v) is 21.6. The molecule has 3 aliphatic heterocycles. The molecule has 1 atom stereocenters. The summed E-state index contributed by atoms with van der Waals surface area (Å²) in [6.45, 7) is 3.49. The number of nitrogens with zero attached hydrogens (tertiary/aromatic N) is 1. The summed E-state index contributed by atoms with van der Waals surface area (Å²) in [5.41, 5.74) is -1.76. The van der Waals surface area contributed by atoms with Crippen LogP contribution in [0.4, 0.5) is 0 Å². The van der Waals surface area contributed by atoms with Crippen molar-refractivity contribution in [1.82, 2.24) is 0 Å². The highest BCUT2D eigenvalue weighted by Crippen LogP contribution is 2.42. The van der Waals surface area contributed by atoms with Gasteiger partial charge in [-0.15, -0.1) is 22.7 Å². The maximum Gasteiger partial charge on any atom is 0.353 e. The fraction of sp³-hybridized carbons (Fsp3) is 0.444. The van der Waals surface area contributed by atoms with Crippen LogP contribution in [-0.2, 0) is 15.1 Å². The first-order valence-corrected chi connectivity index (χ1v) is 13.9. The summed E-state index contributed by atoms with van der Waals surface area (Å²) in [7, 11) is 1.65. The minimum absolute atomic E-state index is 0.234. The topological polar surface area (TPSA) is 65.0 Å². The first-order chi connectivity index (χ1) is 17.0. The smallest absolute Gasteiger partial charge is 0.353 e. The number of hydrogen-bond donors (Lipinski definition) is 1. The molecule has 0 unspecified atom stereocenters. The molecule has 5 heterocycles. The number of aliphatic hydroxyl groups is 1. The quantitative estimate of drug-likeness (QED) is 0.234. The molecule has 2 aromatic heterocycles. The van der Waals surface area contributed by atoms with Gasteiger partial charge < -0.3 is 19.3 Å². The molecule has 0 amide bonds. The molecule has 3 aromatic rings. The molecule has 1 N–H and O–H groups in total. The molecule has 35 heavy (non-hydrogen) atoms. The number of methoxy groups -OCH3 is 1. The Morgan fingerprint density at radius 2 is 1.66 bits per heavy atom. The molecule has 0 spiro atoms. The zero-order chi connectivity index (χ0) is 24.3. The van der Waals surface area contributed by atoms with E-state index in [4.69, 9.17) is 14.2 Å². The Balaban J connectivity index is 1.27. The van der Waals surface area contributed by atoms with Crippen LogP contribution in [0.5, 0.6) is 11.5 Å². The van der Waals surface area contributed by atoms with E-state index >= 15 is 0 Å². The van der Waals surface area contributed by atoms with Gasteiger partial charge in [-0.05, 0) is 53.1 Å². The van der Waals surface area contributed by atoms with Gasteiger partial charge in [0.1, 0.15) is 11.5 Å². The molecule has 3 saturated heterocycles. The van der Waals surface area contributed by atoms with Crippen molar-refractivity contribution in [3.8, 4) is 11.5 Å². The Bertz CT molecular complexity index is 1060. The number of hydrogen-bond acceptors (Lipinski definition) is 7. The van der Waals surface area contributed by atoms with Gasteiger partial charge in [-0.1, -0.05) is 12.1 Å². The maximum absolute atomic E-state index is 13.6. The lowest BCUT2D eigenvalue weighted by Gasteiger charge is -2.53. The van der Waals surface area contributed by atoms with Crippen molar-refractivity contribution >= 4 is 28.6 Å². The molecule has 6 nitrogen and oxygen atoms in total. The average Bonchev–Trinajstić information content (AvgIpc) is 3.63. The second-order valence-corrected chi connectivity index (χ2v) is 11.4. The number of carbonyl (C=O) groups excluding carboxylic acids is 1. The number of rotatable bonds is 10. The molecule has 0 aliphatic carbocycles. The van der Waals surface area contributed by atoms with Gasteiger partial charge in [0, 0.05) is 25.7 Å². The Hall–Kier alpha value is -2.39. The predicted octanol–water partition coefficient (Wildman–Crippen LogP) is 5.02. The number of fused-ring (bicyclic) bond motifs is 3.